The van der Waals surface area contributed by atoms with Crippen LogP contribution in [0.4, 0.5) is 14.7 Å². The molecule has 0 amide bonds. The zero-order valence-electron chi connectivity index (χ0n) is 10.1. The molecule has 1 fully saturated rings. The molecule has 2 rings (SSSR count). The van der Waals surface area contributed by atoms with Crippen molar-refractivity contribution in [2.24, 2.45) is 5.92 Å². The Bertz CT molecular complexity index is 397. The van der Waals surface area contributed by atoms with Gasteiger partial charge in [-0.15, -0.1) is 4.98 Å². The third-order valence-electron chi connectivity index (χ3n) is 2.81. The topological polar surface area (TPSA) is 60.4 Å². The van der Waals surface area contributed by atoms with Crippen LogP contribution in [0.1, 0.15) is 6.42 Å². The lowest BCUT2D eigenvalue weighted by Crippen LogP contribution is -2.24. The quantitative estimate of drug-likeness (QED) is 0.804. The van der Waals surface area contributed by atoms with Crippen molar-refractivity contribution in [3.8, 4) is 12.0 Å². The number of anilines is 1. The second-order valence-corrected chi connectivity index (χ2v) is 3.94. The molecule has 1 atom stereocenters. The molecule has 6 nitrogen and oxygen atoms in total. The van der Waals surface area contributed by atoms with Crippen LogP contribution >= 0.6 is 0 Å². The second kappa shape index (κ2) is 5.28. The molecule has 2 heterocycles. The summed E-state index contributed by atoms with van der Waals surface area (Å²) in [4.78, 5) is 13.6. The zero-order chi connectivity index (χ0) is 13.1. The van der Waals surface area contributed by atoms with Gasteiger partial charge in [0.2, 0.25) is 12.4 Å². The number of nitrogens with zero attached hydrogens (tertiary/aromatic N) is 4. The first-order valence-corrected chi connectivity index (χ1v) is 5.51. The maximum Gasteiger partial charge on any atom is 0.324 e. The van der Waals surface area contributed by atoms with Gasteiger partial charge in [-0.25, -0.2) is 8.78 Å². The van der Waals surface area contributed by atoms with Crippen LogP contribution in [0.2, 0.25) is 0 Å². The second-order valence-electron chi connectivity index (χ2n) is 3.94. The zero-order valence-corrected chi connectivity index (χ0v) is 10.1. The van der Waals surface area contributed by atoms with Gasteiger partial charge in [0.25, 0.3) is 0 Å². The first-order valence-electron chi connectivity index (χ1n) is 5.51. The van der Waals surface area contributed by atoms with E-state index in [2.05, 4.69) is 15.0 Å². The summed E-state index contributed by atoms with van der Waals surface area (Å²) in [6.07, 6.45) is -1.89. The highest BCUT2D eigenvalue weighted by molar-refractivity contribution is 5.33. The van der Waals surface area contributed by atoms with Crippen molar-refractivity contribution in [1.82, 2.24) is 15.0 Å². The molecule has 0 aromatic carbocycles. The van der Waals surface area contributed by atoms with E-state index in [1.54, 1.807) is 4.90 Å². The van der Waals surface area contributed by atoms with Crippen LogP contribution in [0.25, 0.3) is 0 Å². The van der Waals surface area contributed by atoms with Gasteiger partial charge in [-0.1, -0.05) is 0 Å². The highest BCUT2D eigenvalue weighted by Crippen LogP contribution is 2.26. The third-order valence-corrected chi connectivity index (χ3v) is 2.81. The van der Waals surface area contributed by atoms with E-state index in [0.29, 0.717) is 18.9 Å². The summed E-state index contributed by atoms with van der Waals surface area (Å²) in [7, 11) is 2.84. The number of hydrogen-bond donors (Lipinski definition) is 0. The summed E-state index contributed by atoms with van der Waals surface area (Å²) >= 11 is 0. The lowest BCUT2D eigenvalue weighted by Gasteiger charge is -2.16. The summed E-state index contributed by atoms with van der Waals surface area (Å²) in [5.41, 5.74) is 0. The molecule has 0 aliphatic carbocycles. The van der Waals surface area contributed by atoms with Crippen LogP contribution in [-0.4, -0.2) is 48.7 Å². The summed E-state index contributed by atoms with van der Waals surface area (Å²) in [6.45, 7) is 0.722. The van der Waals surface area contributed by atoms with E-state index in [1.165, 1.54) is 14.2 Å². The molecular formula is C10H14F2N4O2. The maximum absolute atomic E-state index is 12.6. The van der Waals surface area contributed by atoms with Crippen LogP contribution < -0.4 is 14.4 Å². The number of alkyl halides is 2. The normalized spacial score (nSPS) is 19.4. The van der Waals surface area contributed by atoms with E-state index >= 15 is 0 Å². The van der Waals surface area contributed by atoms with Crippen molar-refractivity contribution < 1.29 is 18.3 Å². The highest BCUT2D eigenvalue weighted by atomic mass is 19.3. The number of aromatic nitrogens is 3. The molecule has 0 radical (unpaired) electrons. The predicted octanol–water partition coefficient (Wildman–Crippen LogP) is 0.980. The van der Waals surface area contributed by atoms with Crippen molar-refractivity contribution in [3.05, 3.63) is 0 Å². The number of hydrogen-bond acceptors (Lipinski definition) is 6. The SMILES string of the molecule is COc1nc(OC)nc(N2CCC(C(F)F)C2)n1. The minimum atomic E-state index is -2.32. The van der Waals surface area contributed by atoms with Gasteiger partial charge in [0, 0.05) is 19.0 Å². The molecule has 0 bridgehead atoms. The molecule has 1 unspecified atom stereocenters. The minimum Gasteiger partial charge on any atom is -0.467 e. The first-order chi connectivity index (χ1) is 8.63. The fourth-order valence-electron chi connectivity index (χ4n) is 1.83. The predicted molar refractivity (Wildman–Crippen MR) is 59.3 cm³/mol. The molecule has 18 heavy (non-hydrogen) atoms. The summed E-state index contributed by atoms with van der Waals surface area (Å²) < 4.78 is 35.0. The van der Waals surface area contributed by atoms with Crippen LogP contribution in [-0.2, 0) is 0 Å². The molecule has 1 saturated heterocycles. The van der Waals surface area contributed by atoms with Crippen molar-refractivity contribution in [1.29, 1.82) is 0 Å². The summed E-state index contributed by atoms with van der Waals surface area (Å²) in [5.74, 6) is -0.333. The van der Waals surface area contributed by atoms with Crippen molar-refractivity contribution in [2.45, 2.75) is 12.8 Å². The lowest BCUT2D eigenvalue weighted by atomic mass is 10.1. The Kier molecular flexibility index (Phi) is 3.73. The van der Waals surface area contributed by atoms with Gasteiger partial charge in [0.1, 0.15) is 0 Å². The number of ether oxygens (including phenoxy) is 2. The van der Waals surface area contributed by atoms with Gasteiger partial charge >= 0.3 is 12.0 Å². The van der Waals surface area contributed by atoms with Gasteiger partial charge < -0.3 is 14.4 Å². The van der Waals surface area contributed by atoms with E-state index in [0.717, 1.165) is 0 Å². The Balaban J connectivity index is 2.18. The molecule has 1 aromatic rings. The van der Waals surface area contributed by atoms with Gasteiger partial charge in [-0.2, -0.15) is 9.97 Å². The van der Waals surface area contributed by atoms with Crippen LogP contribution in [0.5, 0.6) is 12.0 Å². The molecular weight excluding hydrogens is 246 g/mol. The van der Waals surface area contributed by atoms with E-state index in [9.17, 15) is 8.78 Å². The van der Waals surface area contributed by atoms with Gasteiger partial charge in [-0.3, -0.25) is 0 Å². The molecule has 1 aromatic heterocycles. The van der Waals surface area contributed by atoms with E-state index in [4.69, 9.17) is 9.47 Å². The number of rotatable bonds is 4. The largest absolute Gasteiger partial charge is 0.467 e. The standard InChI is InChI=1S/C10H14F2N4O2/c1-17-9-13-8(14-10(15-9)18-2)16-4-3-6(5-16)7(11)12/h6-7H,3-5H2,1-2H3. The summed E-state index contributed by atoms with van der Waals surface area (Å²) in [6, 6.07) is 0.217. The molecule has 0 spiro atoms. The van der Waals surface area contributed by atoms with Crippen LogP contribution in [0.3, 0.4) is 0 Å². The monoisotopic (exact) mass is 260 g/mol. The smallest absolute Gasteiger partial charge is 0.324 e. The molecule has 8 heteroatoms. The van der Waals surface area contributed by atoms with E-state index < -0.39 is 12.3 Å². The third kappa shape index (κ3) is 2.57. The fraction of sp³-hybridized carbons (Fsp3) is 0.700. The lowest BCUT2D eigenvalue weighted by molar-refractivity contribution is 0.0879. The van der Waals surface area contributed by atoms with Crippen molar-refractivity contribution >= 4 is 5.95 Å². The first kappa shape index (κ1) is 12.7. The molecule has 0 saturated carbocycles. The molecule has 1 aliphatic heterocycles. The Morgan fingerprint density at radius 2 is 1.78 bits per heavy atom. The van der Waals surface area contributed by atoms with Crippen LogP contribution in [0, 0.1) is 5.92 Å². The number of halogens is 2. The molecule has 1 aliphatic rings. The van der Waals surface area contributed by atoms with E-state index in [-0.39, 0.29) is 18.6 Å². The van der Waals surface area contributed by atoms with Gasteiger partial charge in [0.15, 0.2) is 0 Å². The molecule has 0 N–H and O–H groups in total. The Morgan fingerprint density at radius 3 is 2.22 bits per heavy atom. The van der Waals surface area contributed by atoms with Crippen molar-refractivity contribution in [2.75, 3.05) is 32.2 Å². The van der Waals surface area contributed by atoms with Crippen LogP contribution in [0.15, 0.2) is 0 Å². The Morgan fingerprint density at radius 1 is 1.17 bits per heavy atom. The maximum atomic E-state index is 12.6. The average Bonchev–Trinajstić information content (AvgIpc) is 2.87. The van der Waals surface area contributed by atoms with Gasteiger partial charge in [-0.05, 0) is 6.42 Å². The minimum absolute atomic E-state index is 0.109. The highest BCUT2D eigenvalue weighted by Gasteiger charge is 2.31. The Labute approximate surface area is 103 Å². The van der Waals surface area contributed by atoms with Crippen molar-refractivity contribution in [3.63, 3.8) is 0 Å². The molecule has 100 valence electrons. The Hall–Kier alpha value is -1.73. The summed E-state index contributed by atoms with van der Waals surface area (Å²) in [5, 5.41) is 0. The fourth-order valence-corrected chi connectivity index (χ4v) is 1.83. The number of methoxy groups -OCH3 is 2. The van der Waals surface area contributed by atoms with E-state index in [1.807, 2.05) is 0 Å². The van der Waals surface area contributed by atoms with Gasteiger partial charge in [0.05, 0.1) is 14.2 Å². The average molecular weight is 260 g/mol.